The molecule has 0 N–H and O–H groups in total. The zero-order valence-corrected chi connectivity index (χ0v) is 8.40. The van der Waals surface area contributed by atoms with Crippen LogP contribution in [0.15, 0.2) is 11.4 Å². The van der Waals surface area contributed by atoms with Crippen LogP contribution in [0.2, 0.25) is 0 Å². The summed E-state index contributed by atoms with van der Waals surface area (Å²) in [4.78, 5) is 11.9. The molecule has 0 saturated carbocycles. The predicted octanol–water partition coefficient (Wildman–Crippen LogP) is 1.97. The molecule has 2 nitrogen and oxygen atoms in total. The highest BCUT2D eigenvalue weighted by molar-refractivity contribution is 7.10. The van der Waals surface area contributed by atoms with Crippen molar-refractivity contribution in [2.75, 3.05) is 7.11 Å². The monoisotopic (exact) mass is 194 g/mol. The second-order valence-electron chi connectivity index (χ2n) is 2.50. The van der Waals surface area contributed by atoms with Crippen LogP contribution < -0.4 is 0 Å². The largest absolute Gasteiger partial charge is 0.468 e. The van der Waals surface area contributed by atoms with Gasteiger partial charge in [-0.3, -0.25) is 4.79 Å². The summed E-state index contributed by atoms with van der Waals surface area (Å²) in [6, 6.07) is 1.99. The minimum atomic E-state index is -0.292. The topological polar surface area (TPSA) is 26.3 Å². The summed E-state index contributed by atoms with van der Waals surface area (Å²) in [5.41, 5.74) is 0.964. The Morgan fingerprint density at radius 1 is 1.69 bits per heavy atom. The van der Waals surface area contributed by atoms with Crippen molar-refractivity contribution < 1.29 is 9.53 Å². The summed E-state index contributed by atoms with van der Waals surface area (Å²) in [5.74, 6) is 5.35. The summed E-state index contributed by atoms with van der Waals surface area (Å²) >= 11 is 1.65. The number of rotatable bonds is 1. The molecule has 13 heavy (non-hydrogen) atoms. The third kappa shape index (κ3) is 3.30. The maximum Gasteiger partial charge on any atom is 0.317 e. The van der Waals surface area contributed by atoms with Gasteiger partial charge in [0.25, 0.3) is 0 Å². The maximum atomic E-state index is 10.7. The van der Waals surface area contributed by atoms with Gasteiger partial charge in [0.1, 0.15) is 6.42 Å². The minimum Gasteiger partial charge on any atom is -0.468 e. The van der Waals surface area contributed by atoms with Gasteiger partial charge in [0.05, 0.1) is 7.11 Å². The molecule has 0 aliphatic rings. The number of aryl methyl sites for hydroxylation is 1. The van der Waals surface area contributed by atoms with E-state index in [9.17, 15) is 4.79 Å². The Morgan fingerprint density at radius 2 is 2.46 bits per heavy atom. The van der Waals surface area contributed by atoms with Crippen molar-refractivity contribution in [2.45, 2.75) is 13.3 Å². The van der Waals surface area contributed by atoms with Crippen LogP contribution in [0.25, 0.3) is 0 Å². The van der Waals surface area contributed by atoms with Crippen molar-refractivity contribution in [3.05, 3.63) is 21.9 Å². The van der Waals surface area contributed by atoms with Gasteiger partial charge in [-0.15, -0.1) is 11.3 Å². The highest BCUT2D eigenvalue weighted by Gasteiger charge is 1.94. The van der Waals surface area contributed by atoms with E-state index in [1.807, 2.05) is 18.4 Å². The first-order valence-electron chi connectivity index (χ1n) is 3.83. The fourth-order valence-corrected chi connectivity index (χ4v) is 1.43. The van der Waals surface area contributed by atoms with E-state index in [4.69, 9.17) is 0 Å². The second kappa shape index (κ2) is 4.68. The number of methoxy groups -OCH3 is 1. The highest BCUT2D eigenvalue weighted by atomic mass is 32.1. The van der Waals surface area contributed by atoms with Gasteiger partial charge in [-0.25, -0.2) is 0 Å². The molecule has 1 aromatic rings. The lowest BCUT2D eigenvalue weighted by Crippen LogP contribution is -1.96. The molecule has 0 saturated heterocycles. The van der Waals surface area contributed by atoms with Crippen LogP contribution in [0.1, 0.15) is 16.9 Å². The Labute approximate surface area is 81.5 Å². The molecule has 0 fully saturated rings. The highest BCUT2D eigenvalue weighted by Crippen LogP contribution is 2.11. The molecule has 1 aromatic heterocycles. The molecule has 1 rings (SSSR count). The average Bonchev–Trinajstić information content (AvgIpc) is 2.51. The van der Waals surface area contributed by atoms with E-state index in [0.29, 0.717) is 0 Å². The van der Waals surface area contributed by atoms with Crippen LogP contribution >= 0.6 is 11.3 Å². The van der Waals surface area contributed by atoms with E-state index in [0.717, 1.165) is 5.56 Å². The molecule has 0 unspecified atom stereocenters. The normalized spacial score (nSPS) is 8.77. The van der Waals surface area contributed by atoms with Crippen LogP contribution in [0, 0.1) is 18.8 Å². The Morgan fingerprint density at radius 3 is 3.00 bits per heavy atom. The molecular weight excluding hydrogens is 184 g/mol. The summed E-state index contributed by atoms with van der Waals surface area (Å²) < 4.78 is 4.45. The summed E-state index contributed by atoms with van der Waals surface area (Å²) in [6.45, 7) is 2.02. The van der Waals surface area contributed by atoms with Gasteiger partial charge >= 0.3 is 5.97 Å². The number of esters is 1. The van der Waals surface area contributed by atoms with Gasteiger partial charge < -0.3 is 4.74 Å². The molecule has 0 radical (unpaired) electrons. The van der Waals surface area contributed by atoms with Crippen LogP contribution in [-0.4, -0.2) is 13.1 Å². The van der Waals surface area contributed by atoms with Crippen molar-refractivity contribution in [2.24, 2.45) is 0 Å². The van der Waals surface area contributed by atoms with E-state index in [1.54, 1.807) is 11.3 Å². The molecule has 1 heterocycles. The molecule has 0 bridgehead atoms. The molecule has 0 aliphatic heterocycles. The van der Waals surface area contributed by atoms with Crippen LogP contribution in [0.3, 0.4) is 0 Å². The number of hydrogen-bond acceptors (Lipinski definition) is 3. The predicted molar refractivity (Wildman–Crippen MR) is 52.6 cm³/mol. The van der Waals surface area contributed by atoms with Crippen molar-refractivity contribution in [3.8, 4) is 11.8 Å². The molecular formula is C10H10O2S. The first-order chi connectivity index (χ1) is 6.22. The minimum absolute atomic E-state index is 0.158. The van der Waals surface area contributed by atoms with Crippen molar-refractivity contribution in [1.82, 2.24) is 0 Å². The lowest BCUT2D eigenvalue weighted by atomic mass is 10.3. The molecule has 0 spiro atoms. The number of hydrogen-bond donors (Lipinski definition) is 0. The Hall–Kier alpha value is -1.27. The number of carbonyl (C=O) groups excluding carboxylic acids is 1. The molecule has 0 aromatic carbocycles. The quantitative estimate of drug-likeness (QED) is 0.504. The molecule has 0 aliphatic carbocycles. The second-order valence-corrected chi connectivity index (χ2v) is 3.62. The van der Waals surface area contributed by atoms with Gasteiger partial charge in [-0.1, -0.05) is 11.8 Å². The van der Waals surface area contributed by atoms with E-state index < -0.39 is 0 Å². The third-order valence-electron chi connectivity index (χ3n) is 1.42. The lowest BCUT2D eigenvalue weighted by molar-refractivity contribution is -0.139. The van der Waals surface area contributed by atoms with Gasteiger partial charge in [-0.05, 0) is 13.0 Å². The fraction of sp³-hybridized carbons (Fsp3) is 0.300. The van der Waals surface area contributed by atoms with Crippen molar-refractivity contribution in [3.63, 3.8) is 0 Å². The van der Waals surface area contributed by atoms with Gasteiger partial charge in [0.15, 0.2) is 0 Å². The maximum absolute atomic E-state index is 10.7. The van der Waals surface area contributed by atoms with E-state index in [2.05, 4.69) is 16.6 Å². The number of ether oxygens (including phenoxy) is 1. The fourth-order valence-electron chi connectivity index (χ4n) is 0.800. The SMILES string of the molecule is COC(=O)CC#Cc1csc(C)c1. The van der Waals surface area contributed by atoms with Crippen LogP contribution in [0.5, 0.6) is 0 Å². The van der Waals surface area contributed by atoms with Gasteiger partial charge in [-0.2, -0.15) is 0 Å². The Kier molecular flexibility index (Phi) is 3.53. The zero-order valence-electron chi connectivity index (χ0n) is 7.59. The van der Waals surface area contributed by atoms with Gasteiger partial charge in [0.2, 0.25) is 0 Å². The molecule has 68 valence electrons. The lowest BCUT2D eigenvalue weighted by Gasteiger charge is -1.88. The third-order valence-corrected chi connectivity index (χ3v) is 2.29. The summed E-state index contributed by atoms with van der Waals surface area (Å²) in [7, 11) is 1.36. The van der Waals surface area contributed by atoms with Crippen molar-refractivity contribution in [1.29, 1.82) is 0 Å². The smallest absolute Gasteiger partial charge is 0.317 e. The first-order valence-corrected chi connectivity index (χ1v) is 4.71. The van der Waals surface area contributed by atoms with Crippen LogP contribution in [-0.2, 0) is 9.53 Å². The van der Waals surface area contributed by atoms with Gasteiger partial charge in [0, 0.05) is 15.8 Å². The molecule has 3 heteroatoms. The van der Waals surface area contributed by atoms with Crippen molar-refractivity contribution >= 4 is 17.3 Å². The van der Waals surface area contributed by atoms with E-state index in [-0.39, 0.29) is 12.4 Å². The number of thiophene rings is 1. The standard InChI is InChI=1S/C10H10O2S/c1-8-6-9(7-13-8)4-3-5-10(11)12-2/h6-7H,5H2,1-2H3. The summed E-state index contributed by atoms with van der Waals surface area (Å²) in [5, 5.41) is 1.97. The number of carbonyl (C=O) groups is 1. The average molecular weight is 194 g/mol. The van der Waals surface area contributed by atoms with Crippen LogP contribution in [0.4, 0.5) is 0 Å². The first kappa shape index (κ1) is 9.82. The van der Waals surface area contributed by atoms with E-state index >= 15 is 0 Å². The zero-order chi connectivity index (χ0) is 9.68. The van der Waals surface area contributed by atoms with E-state index in [1.165, 1.54) is 12.0 Å². The Balaban J connectivity index is 2.53. The molecule has 0 atom stereocenters. The molecule has 0 amide bonds. The Bertz CT molecular complexity index is 354. The summed E-state index contributed by atoms with van der Waals surface area (Å²) in [6.07, 6.45) is 0.158.